The van der Waals surface area contributed by atoms with Crippen LogP contribution in [0.4, 0.5) is 0 Å². The van der Waals surface area contributed by atoms with Gasteiger partial charge < -0.3 is 13.9 Å². The van der Waals surface area contributed by atoms with Crippen LogP contribution < -0.4 is 19.6 Å². The van der Waals surface area contributed by atoms with E-state index in [1.165, 1.54) is 15.9 Å². The van der Waals surface area contributed by atoms with E-state index in [1.807, 2.05) is 25.1 Å². The second-order valence-corrected chi connectivity index (χ2v) is 6.38. The summed E-state index contributed by atoms with van der Waals surface area (Å²) >= 11 is 1.27. The van der Waals surface area contributed by atoms with Crippen molar-refractivity contribution in [3.63, 3.8) is 0 Å². The van der Waals surface area contributed by atoms with Gasteiger partial charge in [-0.25, -0.2) is 0 Å². The van der Waals surface area contributed by atoms with Crippen LogP contribution in [0.1, 0.15) is 12.5 Å². The minimum Gasteiger partial charge on any atom is -0.493 e. The van der Waals surface area contributed by atoms with Crippen LogP contribution in [0.25, 0.3) is 22.6 Å². The number of hydrogen-bond acceptors (Lipinski definition) is 7. The van der Waals surface area contributed by atoms with Gasteiger partial charge in [-0.3, -0.25) is 4.79 Å². The molecule has 26 heavy (non-hydrogen) atoms. The molecule has 4 rings (SSSR count). The maximum absolute atomic E-state index is 12.6. The molecule has 0 spiro atoms. The number of aromatic nitrogens is 3. The SMILES string of the molecule is CCOc1ccc(C=c2sc3nc(-c4ccco4)nn3c2=O)cc1OC. The quantitative estimate of drug-likeness (QED) is 0.537. The van der Waals surface area contributed by atoms with Crippen molar-refractivity contribution in [2.24, 2.45) is 0 Å². The highest BCUT2D eigenvalue weighted by Crippen LogP contribution is 2.28. The Balaban J connectivity index is 1.76. The van der Waals surface area contributed by atoms with Crippen LogP contribution in [0, 0.1) is 0 Å². The fourth-order valence-corrected chi connectivity index (χ4v) is 3.45. The van der Waals surface area contributed by atoms with E-state index in [4.69, 9.17) is 13.9 Å². The number of benzene rings is 1. The van der Waals surface area contributed by atoms with E-state index in [-0.39, 0.29) is 5.56 Å². The molecule has 132 valence electrons. The highest BCUT2D eigenvalue weighted by Gasteiger charge is 2.13. The first-order chi connectivity index (χ1) is 12.7. The van der Waals surface area contributed by atoms with Crippen LogP contribution in [0.3, 0.4) is 0 Å². The monoisotopic (exact) mass is 369 g/mol. The van der Waals surface area contributed by atoms with Crippen molar-refractivity contribution in [3.8, 4) is 23.1 Å². The van der Waals surface area contributed by atoms with E-state index < -0.39 is 0 Å². The fourth-order valence-electron chi connectivity index (χ4n) is 2.54. The zero-order valence-corrected chi connectivity index (χ0v) is 14.9. The molecule has 0 unspecified atom stereocenters. The van der Waals surface area contributed by atoms with E-state index in [9.17, 15) is 4.79 Å². The highest BCUT2D eigenvalue weighted by molar-refractivity contribution is 7.15. The Kier molecular flexibility index (Phi) is 4.18. The van der Waals surface area contributed by atoms with Crippen LogP contribution in [-0.2, 0) is 0 Å². The molecule has 0 aliphatic heterocycles. The molecule has 3 heterocycles. The number of nitrogens with zero attached hydrogens (tertiary/aromatic N) is 3. The zero-order chi connectivity index (χ0) is 18.1. The van der Waals surface area contributed by atoms with E-state index in [1.54, 1.807) is 31.6 Å². The summed E-state index contributed by atoms with van der Waals surface area (Å²) in [6.45, 7) is 2.46. The molecular formula is C18H15N3O4S. The van der Waals surface area contributed by atoms with Gasteiger partial charge >= 0.3 is 0 Å². The summed E-state index contributed by atoms with van der Waals surface area (Å²) in [5, 5.41) is 4.23. The number of furan rings is 1. The summed E-state index contributed by atoms with van der Waals surface area (Å²) in [5.74, 6) is 2.21. The summed E-state index contributed by atoms with van der Waals surface area (Å²) in [4.78, 5) is 17.5. The first kappa shape index (κ1) is 16.3. The van der Waals surface area contributed by atoms with Crippen molar-refractivity contribution in [1.29, 1.82) is 0 Å². The third kappa shape index (κ3) is 2.84. The summed E-state index contributed by atoms with van der Waals surface area (Å²) in [7, 11) is 1.58. The van der Waals surface area contributed by atoms with Crippen LogP contribution >= 0.6 is 11.3 Å². The maximum atomic E-state index is 12.6. The summed E-state index contributed by atoms with van der Waals surface area (Å²) in [6, 6.07) is 9.03. The molecule has 0 bridgehead atoms. The molecular weight excluding hydrogens is 354 g/mol. The zero-order valence-electron chi connectivity index (χ0n) is 14.1. The largest absolute Gasteiger partial charge is 0.493 e. The van der Waals surface area contributed by atoms with Crippen LogP contribution in [-0.4, -0.2) is 28.3 Å². The Morgan fingerprint density at radius 3 is 2.88 bits per heavy atom. The molecule has 0 atom stereocenters. The van der Waals surface area contributed by atoms with Gasteiger partial charge in [0.15, 0.2) is 17.3 Å². The van der Waals surface area contributed by atoms with Crippen LogP contribution in [0.2, 0.25) is 0 Å². The lowest BCUT2D eigenvalue weighted by Gasteiger charge is -2.09. The van der Waals surface area contributed by atoms with E-state index in [2.05, 4.69) is 10.1 Å². The Labute approximate surface area is 152 Å². The average molecular weight is 369 g/mol. The van der Waals surface area contributed by atoms with Gasteiger partial charge in [-0.15, -0.1) is 5.10 Å². The summed E-state index contributed by atoms with van der Waals surface area (Å²) < 4.78 is 18.0. The van der Waals surface area contributed by atoms with Crippen molar-refractivity contribution in [2.75, 3.05) is 13.7 Å². The van der Waals surface area contributed by atoms with E-state index >= 15 is 0 Å². The fraction of sp³-hybridized carbons (Fsp3) is 0.167. The third-order valence-corrected chi connectivity index (χ3v) is 4.67. The molecule has 4 aromatic rings. The smallest absolute Gasteiger partial charge is 0.291 e. The van der Waals surface area contributed by atoms with Gasteiger partial charge in [0, 0.05) is 0 Å². The molecule has 0 aliphatic carbocycles. The van der Waals surface area contributed by atoms with E-state index in [0.717, 1.165) is 5.56 Å². The first-order valence-electron chi connectivity index (χ1n) is 7.95. The molecule has 8 heteroatoms. The first-order valence-corrected chi connectivity index (χ1v) is 8.77. The average Bonchev–Trinajstić information content (AvgIpc) is 3.35. The van der Waals surface area contributed by atoms with Gasteiger partial charge in [-0.2, -0.15) is 9.50 Å². The highest BCUT2D eigenvalue weighted by atomic mass is 32.1. The normalized spacial score (nSPS) is 12.0. The number of hydrogen-bond donors (Lipinski definition) is 0. The summed E-state index contributed by atoms with van der Waals surface area (Å²) in [6.07, 6.45) is 3.33. The van der Waals surface area contributed by atoms with Crippen molar-refractivity contribution < 1.29 is 13.9 Å². The molecule has 1 aromatic carbocycles. The third-order valence-electron chi connectivity index (χ3n) is 3.71. The second kappa shape index (κ2) is 6.64. The molecule has 7 nitrogen and oxygen atoms in total. The summed E-state index contributed by atoms with van der Waals surface area (Å²) in [5.41, 5.74) is 0.612. The molecule has 0 aliphatic rings. The number of rotatable bonds is 5. The van der Waals surface area contributed by atoms with Gasteiger partial charge in [-0.05, 0) is 42.8 Å². The standard InChI is InChI=1S/C18H15N3O4S/c1-3-24-12-7-6-11(9-14(12)23-2)10-15-17(22)21-18(26-15)19-16(20-21)13-5-4-8-25-13/h4-10H,3H2,1-2H3. The topological polar surface area (TPSA) is 78.9 Å². The van der Waals surface area contributed by atoms with Crippen LogP contribution in [0.5, 0.6) is 11.5 Å². The second-order valence-electron chi connectivity index (χ2n) is 5.37. The lowest BCUT2D eigenvalue weighted by molar-refractivity contribution is 0.311. The van der Waals surface area contributed by atoms with Crippen molar-refractivity contribution in [2.45, 2.75) is 6.92 Å². The maximum Gasteiger partial charge on any atom is 0.291 e. The van der Waals surface area contributed by atoms with Crippen molar-refractivity contribution in [3.05, 3.63) is 57.0 Å². The van der Waals surface area contributed by atoms with Gasteiger partial charge in [0.1, 0.15) is 0 Å². The predicted octanol–water partition coefficient (Wildman–Crippen LogP) is 2.37. The molecule has 0 saturated carbocycles. The lowest BCUT2D eigenvalue weighted by Crippen LogP contribution is -2.23. The van der Waals surface area contributed by atoms with Gasteiger partial charge in [0.25, 0.3) is 5.56 Å². The number of methoxy groups -OCH3 is 1. The number of ether oxygens (including phenoxy) is 2. The Bertz CT molecular complexity index is 1160. The molecule has 0 N–H and O–H groups in total. The van der Waals surface area contributed by atoms with Crippen LogP contribution in [0.15, 0.2) is 45.8 Å². The Morgan fingerprint density at radius 1 is 1.31 bits per heavy atom. The predicted molar refractivity (Wildman–Crippen MR) is 97.8 cm³/mol. The lowest BCUT2D eigenvalue weighted by atomic mass is 10.2. The Morgan fingerprint density at radius 2 is 2.19 bits per heavy atom. The minimum atomic E-state index is -0.219. The van der Waals surface area contributed by atoms with E-state index in [0.29, 0.717) is 39.2 Å². The van der Waals surface area contributed by atoms with Crippen molar-refractivity contribution in [1.82, 2.24) is 14.6 Å². The molecule has 3 aromatic heterocycles. The van der Waals surface area contributed by atoms with Gasteiger partial charge in [-0.1, -0.05) is 17.4 Å². The molecule has 0 fully saturated rings. The number of thiazole rings is 1. The van der Waals surface area contributed by atoms with Gasteiger partial charge in [0.2, 0.25) is 10.8 Å². The Hall–Kier alpha value is -3.13. The molecule has 0 radical (unpaired) electrons. The molecule has 0 amide bonds. The minimum absolute atomic E-state index is 0.219. The molecule has 0 saturated heterocycles. The number of fused-ring (bicyclic) bond motifs is 1. The van der Waals surface area contributed by atoms with Gasteiger partial charge in [0.05, 0.1) is 24.5 Å². The van der Waals surface area contributed by atoms with Crippen molar-refractivity contribution >= 4 is 22.4 Å².